The Morgan fingerprint density at radius 1 is 0.279 bits per heavy atom. The van der Waals surface area contributed by atoms with Gasteiger partial charge in [0.05, 0.1) is 65.1 Å². The number of nitrogens with zero attached hydrogens (tertiary/aromatic N) is 4. The Morgan fingerprint density at radius 3 is 0.986 bits per heavy atom. The highest BCUT2D eigenvalue weighted by molar-refractivity contribution is 6.99. The first-order chi connectivity index (χ1) is 83.7. The van der Waals surface area contributed by atoms with Gasteiger partial charge in [-0.2, -0.15) is 0 Å². The third-order valence-corrected chi connectivity index (χ3v) is 40.8. The molecule has 3 aromatic heterocycles. The lowest BCUT2D eigenvalue weighted by Gasteiger charge is -2.69. The fourth-order valence-electron chi connectivity index (χ4n) is 34.4. The van der Waals surface area contributed by atoms with E-state index in [0.717, 1.165) is 217 Å². The average Bonchev–Trinajstić information content (AvgIpc) is 0.912. The van der Waals surface area contributed by atoms with Crippen molar-refractivity contribution in [3.8, 4) is 108 Å². The van der Waals surface area contributed by atoms with Gasteiger partial charge in [0, 0.05) is 80.5 Å². The number of hydrogen-bond acceptors (Lipinski definition) is 9. The minimum atomic E-state index is -1.32. The Balaban J connectivity index is 0.000000108. The maximum atomic E-state index is 10.1. The molecule has 147 heavy (non-hydrogen) atoms. The topological polar surface area (TPSA) is 89.3 Å². The highest BCUT2D eigenvalue weighted by atomic mass is 16.5. The van der Waals surface area contributed by atoms with Gasteiger partial charge in [0.1, 0.15) is 69.0 Å². The molecule has 20 fully saturated rings. The van der Waals surface area contributed by atoms with Crippen LogP contribution in [0.15, 0.2) is 273 Å². The molecule has 16 bridgehead atoms. The number of fused-ring (bicyclic) bond motifs is 27. The molecule has 0 N–H and O–H groups in total. The van der Waals surface area contributed by atoms with Crippen LogP contribution in [0.3, 0.4) is 0 Å². The Hall–Kier alpha value is -12.5. The molecule has 6 aliphatic heterocycles. The van der Waals surface area contributed by atoms with Crippen LogP contribution in [0.5, 0.6) is 69.0 Å². The summed E-state index contributed by atoms with van der Waals surface area (Å²) in [7, 11) is 0. The first-order valence-electron chi connectivity index (χ1n) is 68.9. The van der Waals surface area contributed by atoms with Crippen LogP contribution < -0.4 is 82.5 Å². The number of pyridine rings is 2. The van der Waals surface area contributed by atoms with Crippen molar-refractivity contribution >= 4 is 96.8 Å². The molecule has 10 nitrogen and oxygen atoms in total. The zero-order valence-electron chi connectivity index (χ0n) is 110. The molecule has 0 spiro atoms. The molecule has 728 valence electrons. The Labute approximate surface area is 903 Å². The second kappa shape index (κ2) is 32.5. The fourth-order valence-corrected chi connectivity index (χ4v) is 34.4. The van der Waals surface area contributed by atoms with Gasteiger partial charge in [0.15, 0.2) is 0 Å². The molecule has 0 atom stereocenters. The maximum Gasteiger partial charge on any atom is 0.260 e. The number of anilines is 1. The molecule has 20 saturated carbocycles. The summed E-state index contributed by atoms with van der Waals surface area (Å²) in [5.41, 5.74) is 6.83. The summed E-state index contributed by atoms with van der Waals surface area (Å²) in [5.74, 6) is 7.39. The van der Waals surface area contributed by atoms with Crippen LogP contribution in [0.4, 0.5) is 5.69 Å². The molecule has 26 aliphatic rings. The molecular weight excluding hydrogens is 1790 g/mol. The molecule has 0 saturated heterocycles. The van der Waals surface area contributed by atoms with E-state index in [0.29, 0.717) is 102 Å². The van der Waals surface area contributed by atoms with E-state index in [2.05, 4.69) is 27.0 Å². The van der Waals surface area contributed by atoms with E-state index in [1.807, 2.05) is 65.2 Å². The molecule has 0 amide bonds. The standard InChI is InChI=1S/C48H46BN3O2.C46H42BNO2.C40H39BO2/c1-3-11-50-40(5-1)35-7-9-42-38(19-35)49-39-20-36(41-6-2-4-12-51-41)8-10-43(39)54-45-22-37(21-44(53-42)46(45)49)52(47-23-29-13-30(24-47)15-31(14-29)25-47)48-26-32-16-33(27-48)18-34(17-32)28-48;1-3-7-38-34(5-1)35-6-2-4-8-39(35)48(38)33-27-42-44-43(28-33)50-41-12-10-32(46-22-16-30(17-23-46)18-24-46)26-37(41)47(44)36-25-31(9-11-40(36)49-42)45-19-13-29(14-20-45)15-21-45;1-3-7-34-32(5-1)41-33-6-2-4-8-35(33)43-37-24-29(23-36(42-34)38(37)41)28-21-30(39-15-9-26(10-16-39)11-17-39)25-31(22-28)40-18-12-27(13-19-40)14-20-40/h1-12,19-22,29-34H,13-18,23-28H2;1-12,25-30H,13-24H2;1-8,21-27H,9-20H2/i7D,8D,9D,10D,19D,20D;9D,10D,11D,12D,25D,26D,27D,28D;1D,2D,3D,4D,5D,6D,7D,8D,21D,22D,23D,24D,25D. The van der Waals surface area contributed by atoms with Gasteiger partial charge in [-0.05, 0) is 486 Å². The smallest absolute Gasteiger partial charge is 0.260 e. The van der Waals surface area contributed by atoms with Crippen LogP contribution in [-0.4, -0.2) is 45.8 Å². The number of benzene rings is 12. The quantitative estimate of drug-likeness (QED) is 0.117. The van der Waals surface area contributed by atoms with Crippen molar-refractivity contribution in [2.75, 3.05) is 4.90 Å². The van der Waals surface area contributed by atoms with E-state index in [1.54, 1.807) is 36.7 Å². The Morgan fingerprint density at radius 2 is 0.599 bits per heavy atom. The summed E-state index contributed by atoms with van der Waals surface area (Å²) in [6.45, 7) is -3.14. The average molecular weight is 1950 g/mol. The second-order valence-corrected chi connectivity index (χ2v) is 48.6. The normalized spacial score (nSPS) is 32.4. The molecule has 0 radical (unpaired) electrons. The van der Waals surface area contributed by atoms with Crippen molar-refractivity contribution < 1.29 is 65.4 Å². The van der Waals surface area contributed by atoms with E-state index in [-0.39, 0.29) is 216 Å². The molecule has 13 heteroatoms. The van der Waals surface area contributed by atoms with Crippen molar-refractivity contribution in [2.45, 2.75) is 264 Å². The first-order valence-corrected chi connectivity index (χ1v) is 55.4. The second-order valence-electron chi connectivity index (χ2n) is 48.6. The van der Waals surface area contributed by atoms with Crippen molar-refractivity contribution in [1.82, 2.24) is 14.5 Å². The van der Waals surface area contributed by atoms with E-state index >= 15 is 0 Å². The van der Waals surface area contributed by atoms with Crippen LogP contribution >= 0.6 is 0 Å². The lowest BCUT2D eigenvalue weighted by Crippen LogP contribution is -2.71. The predicted octanol–water partition coefficient (Wildman–Crippen LogP) is 27.8. The van der Waals surface area contributed by atoms with Crippen LogP contribution in [-0.2, 0) is 21.7 Å². The molecule has 15 aromatic rings. The van der Waals surface area contributed by atoms with E-state index in [9.17, 15) is 26.0 Å². The van der Waals surface area contributed by atoms with Crippen LogP contribution in [0.25, 0.3) is 61.1 Å². The monoisotopic (exact) mass is 1950 g/mol. The zero-order valence-corrected chi connectivity index (χ0v) is 82.6. The number of ether oxygens (including phenoxy) is 6. The third-order valence-electron chi connectivity index (χ3n) is 40.8. The minimum absolute atomic E-state index is 0.00717. The van der Waals surface area contributed by atoms with Gasteiger partial charge in [-0.1, -0.05) is 139 Å². The van der Waals surface area contributed by atoms with Crippen molar-refractivity contribution in [3.05, 3.63) is 295 Å². The highest BCUT2D eigenvalue weighted by Gasteiger charge is 2.63. The molecule has 9 heterocycles. The fraction of sp³-hybridized carbons (Fsp3) is 0.388. The largest absolute Gasteiger partial charge is 0.458 e. The van der Waals surface area contributed by atoms with Gasteiger partial charge in [0.2, 0.25) is 0 Å². The van der Waals surface area contributed by atoms with Crippen molar-refractivity contribution in [1.29, 1.82) is 0 Å². The van der Waals surface area contributed by atoms with Gasteiger partial charge in [-0.15, -0.1) is 0 Å². The number of hydrogen-bond donors (Lipinski definition) is 0. The summed E-state index contributed by atoms with van der Waals surface area (Å²) in [5, 5.41) is 1.89. The molecule has 12 aromatic carbocycles. The van der Waals surface area contributed by atoms with Crippen LogP contribution in [0.2, 0.25) is 0 Å². The number of rotatable bonds is 11. The SMILES string of the molecule is [2H]c1c([2H])c(-c2ccccn2)c([2H])c2c1Oc1cc(N(C34CC5CC(CC(C5)C3)C4)C34CC5CC(CC(C5)C3)C4)cc3c1B2c1c([2H])c(-c2ccccn2)c([2H])c([2H])c1O3.[2H]c1c([2H])c(C23CCC(CC2)CC3)c([2H])c2c1Oc1c([2H])c(-n3c4ccccc4c4ccccc43)c([2H])c3c1B2c1c([2H])c(C24CCC(CC2)CC4)c([2H])c([2H])c1O3.[2H]c1c([2H])c([2H])c2c(c1[2H])Oc1c([2H])c(-c3c([2H])c(C45CCC(CC4)CC5)c([2H])c(C45CCC(CC4)CC5)c3[2H])c([2H])c3c1B2c1c([2H])c([2H])c([2H])c([2H])c1O3. The lowest BCUT2D eigenvalue weighted by molar-refractivity contribution is -0.0559. The predicted molar refractivity (Wildman–Crippen MR) is 594 cm³/mol. The number of aromatic nitrogens is 3. The van der Waals surface area contributed by atoms with Gasteiger partial charge in [-0.25, -0.2) is 0 Å². The van der Waals surface area contributed by atoms with Gasteiger partial charge < -0.3 is 37.9 Å². The van der Waals surface area contributed by atoms with Crippen molar-refractivity contribution in [2.24, 2.45) is 59.2 Å². The highest BCUT2D eigenvalue weighted by Crippen LogP contribution is 2.68. The lowest BCUT2D eigenvalue weighted by atomic mass is 9.34. The summed E-state index contributed by atoms with van der Waals surface area (Å²) in [6, 6.07) is 24.8. The molecular formula is C134H127B3N4O6. The molecule has 41 rings (SSSR count). The maximum absolute atomic E-state index is 10.1. The molecule has 20 aliphatic carbocycles. The Kier molecular flexibility index (Phi) is 14.2. The summed E-state index contributed by atoms with van der Waals surface area (Å²) < 4.78 is 297. The zero-order chi connectivity index (χ0) is 119. The van der Waals surface area contributed by atoms with Crippen LogP contribution in [0, 0.1) is 59.2 Å². The summed E-state index contributed by atoms with van der Waals surface area (Å²) >= 11 is 0. The van der Waals surface area contributed by atoms with E-state index in [4.69, 9.17) is 39.4 Å². The number of para-hydroxylation sites is 4. The van der Waals surface area contributed by atoms with Gasteiger partial charge >= 0.3 is 0 Å². The minimum Gasteiger partial charge on any atom is -0.458 e. The van der Waals surface area contributed by atoms with E-state index < -0.39 is 102 Å². The summed E-state index contributed by atoms with van der Waals surface area (Å²) in [4.78, 5) is 12.0. The third kappa shape index (κ3) is 13.5. The Bertz CT molecular complexity index is 9070. The molecule has 0 unspecified atom stereocenters. The first kappa shape index (κ1) is 64.0. The summed E-state index contributed by atoms with van der Waals surface area (Å²) in [6.07, 6.45) is 40.8. The van der Waals surface area contributed by atoms with Gasteiger partial charge in [0.25, 0.3) is 20.1 Å². The van der Waals surface area contributed by atoms with Crippen LogP contribution in [0.1, 0.15) is 290 Å². The van der Waals surface area contributed by atoms with Gasteiger partial charge in [-0.3, -0.25) is 9.97 Å². The van der Waals surface area contributed by atoms with E-state index in [1.165, 1.54) is 77.0 Å². The van der Waals surface area contributed by atoms with Crippen molar-refractivity contribution in [3.63, 3.8) is 0 Å².